The first-order valence-electron chi connectivity index (χ1n) is 9.63. The molecule has 2 fully saturated rings. The molecule has 5 nitrogen and oxygen atoms in total. The molecule has 0 bridgehead atoms. The highest BCUT2D eigenvalue weighted by molar-refractivity contribution is 6.35. The fourth-order valence-corrected chi connectivity index (χ4v) is 4.09. The summed E-state index contributed by atoms with van der Waals surface area (Å²) >= 11 is 12.1. The van der Waals surface area contributed by atoms with Crippen LogP contribution in [0, 0.1) is 5.92 Å². The Balaban J connectivity index is 1.22. The van der Waals surface area contributed by atoms with Crippen LogP contribution in [0.5, 0.6) is 0 Å². The first kappa shape index (κ1) is 18.6. The van der Waals surface area contributed by atoms with Crippen molar-refractivity contribution in [3.8, 4) is 0 Å². The summed E-state index contributed by atoms with van der Waals surface area (Å²) in [6.45, 7) is 0.938. The molecule has 0 radical (unpaired) electrons. The predicted octanol–water partition coefficient (Wildman–Crippen LogP) is 4.99. The van der Waals surface area contributed by atoms with Crippen molar-refractivity contribution >= 4 is 34.9 Å². The van der Waals surface area contributed by atoms with Gasteiger partial charge in [-0.25, -0.2) is 0 Å². The summed E-state index contributed by atoms with van der Waals surface area (Å²) in [7, 11) is 0. The zero-order chi connectivity index (χ0) is 18.8. The largest absolute Gasteiger partial charge is 0.370 e. The molecule has 27 heavy (non-hydrogen) atoms. The van der Waals surface area contributed by atoms with E-state index in [4.69, 9.17) is 23.2 Å². The molecule has 0 saturated heterocycles. The number of nitrogens with one attached hydrogen (secondary N) is 3. The molecule has 2 aromatic rings. The molecule has 144 valence electrons. The van der Waals surface area contributed by atoms with Crippen LogP contribution in [0.15, 0.2) is 24.3 Å². The lowest BCUT2D eigenvalue weighted by atomic mass is 9.86. The summed E-state index contributed by atoms with van der Waals surface area (Å²) in [4.78, 5) is 12.5. The number of H-pyrrole nitrogens is 1. The van der Waals surface area contributed by atoms with Gasteiger partial charge in [0.15, 0.2) is 0 Å². The second-order valence-electron chi connectivity index (χ2n) is 7.68. The van der Waals surface area contributed by atoms with Gasteiger partial charge in [-0.05, 0) is 62.6 Å². The minimum Gasteiger partial charge on any atom is -0.370 e. The van der Waals surface area contributed by atoms with Crippen LogP contribution < -0.4 is 10.6 Å². The van der Waals surface area contributed by atoms with Crippen LogP contribution >= 0.6 is 23.2 Å². The van der Waals surface area contributed by atoms with Gasteiger partial charge in [0.05, 0.1) is 16.3 Å². The smallest absolute Gasteiger partial charge is 0.253 e. The number of rotatable bonds is 6. The maximum atomic E-state index is 12.5. The Bertz CT molecular complexity index is 810. The number of nitrogens with zero attached hydrogens (tertiary/aromatic N) is 1. The minimum absolute atomic E-state index is 0.144. The second-order valence-corrected chi connectivity index (χ2v) is 8.52. The van der Waals surface area contributed by atoms with Gasteiger partial charge in [0, 0.05) is 29.6 Å². The lowest BCUT2D eigenvalue weighted by Crippen LogP contribution is -2.38. The summed E-state index contributed by atoms with van der Waals surface area (Å²) in [5.74, 6) is 2.15. The van der Waals surface area contributed by atoms with Crippen molar-refractivity contribution in [3.05, 3.63) is 45.6 Å². The SMILES string of the molecule is O=C(NC1CCC(CNc2cc(C3CC3)n[nH]2)CC1)c1cc(Cl)ccc1Cl. The number of hydrogen-bond acceptors (Lipinski definition) is 3. The number of carbonyl (C=O) groups excluding carboxylic acids is 1. The van der Waals surface area contributed by atoms with Crippen LogP contribution in [0.3, 0.4) is 0 Å². The first-order valence-corrected chi connectivity index (χ1v) is 10.4. The molecule has 7 heteroatoms. The standard InChI is InChI=1S/C20H24Cl2N4O/c21-14-5-8-17(22)16(9-14)20(27)24-15-6-1-12(2-7-15)11-23-19-10-18(25-26-19)13-3-4-13/h5,8-10,12-13,15H,1-4,6-7,11H2,(H,24,27)(H2,23,25,26). The van der Waals surface area contributed by atoms with Crippen molar-refractivity contribution in [1.82, 2.24) is 15.5 Å². The number of anilines is 1. The predicted molar refractivity (Wildman–Crippen MR) is 109 cm³/mol. The fourth-order valence-electron chi connectivity index (χ4n) is 3.72. The Morgan fingerprint density at radius 2 is 1.89 bits per heavy atom. The fraction of sp³-hybridized carbons (Fsp3) is 0.500. The summed E-state index contributed by atoms with van der Waals surface area (Å²) in [5.41, 5.74) is 1.63. The number of carbonyl (C=O) groups is 1. The monoisotopic (exact) mass is 406 g/mol. The zero-order valence-electron chi connectivity index (χ0n) is 15.1. The summed E-state index contributed by atoms with van der Waals surface area (Å²) < 4.78 is 0. The molecule has 0 atom stereocenters. The van der Waals surface area contributed by atoms with E-state index in [1.165, 1.54) is 18.5 Å². The molecule has 3 N–H and O–H groups in total. The maximum Gasteiger partial charge on any atom is 0.253 e. The van der Waals surface area contributed by atoms with E-state index in [-0.39, 0.29) is 11.9 Å². The number of benzene rings is 1. The van der Waals surface area contributed by atoms with E-state index in [2.05, 4.69) is 26.9 Å². The van der Waals surface area contributed by atoms with Gasteiger partial charge in [-0.15, -0.1) is 0 Å². The van der Waals surface area contributed by atoms with Gasteiger partial charge in [-0.1, -0.05) is 23.2 Å². The average Bonchev–Trinajstić information content (AvgIpc) is 3.41. The lowest BCUT2D eigenvalue weighted by Gasteiger charge is -2.29. The Hall–Kier alpha value is -1.72. The number of amides is 1. The maximum absolute atomic E-state index is 12.5. The molecule has 1 aromatic heterocycles. The highest BCUT2D eigenvalue weighted by Gasteiger charge is 2.27. The third-order valence-electron chi connectivity index (χ3n) is 5.53. The molecule has 2 aliphatic rings. The highest BCUT2D eigenvalue weighted by Crippen LogP contribution is 2.39. The van der Waals surface area contributed by atoms with Gasteiger partial charge in [-0.2, -0.15) is 5.10 Å². The summed E-state index contributed by atoms with van der Waals surface area (Å²) in [5, 5.41) is 15.0. The van der Waals surface area contributed by atoms with Gasteiger partial charge in [0.2, 0.25) is 0 Å². The Labute approximate surface area is 169 Å². The third-order valence-corrected chi connectivity index (χ3v) is 6.09. The summed E-state index contributed by atoms with van der Waals surface area (Å²) in [6.07, 6.45) is 6.66. The Morgan fingerprint density at radius 3 is 2.63 bits per heavy atom. The van der Waals surface area contributed by atoms with Gasteiger partial charge >= 0.3 is 0 Å². The molecule has 2 saturated carbocycles. The molecule has 1 heterocycles. The van der Waals surface area contributed by atoms with Crippen LogP contribution in [-0.2, 0) is 0 Å². The number of aromatic amines is 1. The highest BCUT2D eigenvalue weighted by atomic mass is 35.5. The number of halogens is 2. The lowest BCUT2D eigenvalue weighted by molar-refractivity contribution is 0.0923. The van der Waals surface area contributed by atoms with E-state index in [1.54, 1.807) is 18.2 Å². The van der Waals surface area contributed by atoms with Gasteiger partial charge in [-0.3, -0.25) is 9.89 Å². The molecule has 0 unspecified atom stereocenters. The minimum atomic E-state index is -0.144. The normalized spacial score (nSPS) is 22.4. The van der Waals surface area contributed by atoms with Crippen LogP contribution in [0.25, 0.3) is 0 Å². The van der Waals surface area contributed by atoms with E-state index in [0.29, 0.717) is 27.4 Å². The van der Waals surface area contributed by atoms with Gasteiger partial charge in [0.1, 0.15) is 5.82 Å². The van der Waals surface area contributed by atoms with E-state index in [1.807, 2.05) is 0 Å². The third kappa shape index (κ3) is 4.77. The van der Waals surface area contributed by atoms with E-state index < -0.39 is 0 Å². The van der Waals surface area contributed by atoms with E-state index >= 15 is 0 Å². The van der Waals surface area contributed by atoms with Crippen LogP contribution in [-0.4, -0.2) is 28.7 Å². The van der Waals surface area contributed by atoms with Crippen molar-refractivity contribution in [2.75, 3.05) is 11.9 Å². The molecule has 0 spiro atoms. The Kier molecular flexibility index (Phi) is 5.60. The van der Waals surface area contributed by atoms with Gasteiger partial charge in [0.25, 0.3) is 5.91 Å². The molecule has 2 aliphatic carbocycles. The van der Waals surface area contributed by atoms with E-state index in [9.17, 15) is 4.79 Å². The molecular formula is C20H24Cl2N4O. The molecule has 4 rings (SSSR count). The van der Waals surface area contributed by atoms with Crippen LogP contribution in [0.4, 0.5) is 5.82 Å². The van der Waals surface area contributed by atoms with Gasteiger partial charge < -0.3 is 10.6 Å². The molecule has 1 amide bonds. The summed E-state index contributed by atoms with van der Waals surface area (Å²) in [6, 6.07) is 7.29. The first-order chi connectivity index (χ1) is 13.1. The molecule has 1 aromatic carbocycles. The molecular weight excluding hydrogens is 383 g/mol. The number of aromatic nitrogens is 2. The van der Waals surface area contributed by atoms with Crippen LogP contribution in [0.1, 0.15) is 60.5 Å². The van der Waals surface area contributed by atoms with Crippen molar-refractivity contribution in [1.29, 1.82) is 0 Å². The average molecular weight is 407 g/mol. The quantitative estimate of drug-likeness (QED) is 0.632. The second kappa shape index (κ2) is 8.11. The van der Waals surface area contributed by atoms with Crippen LogP contribution in [0.2, 0.25) is 10.0 Å². The molecule has 0 aliphatic heterocycles. The van der Waals surface area contributed by atoms with E-state index in [0.717, 1.165) is 38.0 Å². The number of hydrogen-bond donors (Lipinski definition) is 3. The zero-order valence-corrected chi connectivity index (χ0v) is 16.6. The Morgan fingerprint density at radius 1 is 1.11 bits per heavy atom. The van der Waals surface area contributed by atoms with Crippen molar-refractivity contribution in [2.24, 2.45) is 5.92 Å². The topological polar surface area (TPSA) is 69.8 Å². The van der Waals surface area contributed by atoms with Crippen molar-refractivity contribution in [2.45, 2.75) is 50.5 Å². The van der Waals surface area contributed by atoms with Crippen molar-refractivity contribution in [3.63, 3.8) is 0 Å². The van der Waals surface area contributed by atoms with Crippen molar-refractivity contribution < 1.29 is 4.79 Å².